The van der Waals surface area contributed by atoms with Crippen LogP contribution in [0.3, 0.4) is 0 Å². The quantitative estimate of drug-likeness (QED) is 0.820. The minimum absolute atomic E-state index is 0.0416. The molecule has 0 aromatic heterocycles. The average molecular weight is 314 g/mol. The van der Waals surface area contributed by atoms with Crippen molar-refractivity contribution in [2.24, 2.45) is 5.92 Å². The number of hydrogen-bond donors (Lipinski definition) is 1. The van der Waals surface area contributed by atoms with Gasteiger partial charge < -0.3 is 10.1 Å². The van der Waals surface area contributed by atoms with E-state index in [4.69, 9.17) is 4.74 Å². The molecule has 1 rings (SSSR count). The van der Waals surface area contributed by atoms with Crippen molar-refractivity contribution in [2.45, 2.75) is 25.1 Å². The summed E-state index contributed by atoms with van der Waals surface area (Å²) in [6, 6.07) is 7.85. The summed E-state index contributed by atoms with van der Waals surface area (Å²) < 4.78 is 5.27. The Bertz CT molecular complexity index is 393. The van der Waals surface area contributed by atoms with Gasteiger partial charge in [0, 0.05) is 6.54 Å². The van der Waals surface area contributed by atoms with Crippen molar-refractivity contribution in [2.75, 3.05) is 13.7 Å². The maximum Gasteiger partial charge on any atom is 0.234 e. The number of nitrogens with one attached hydrogen (secondary N) is 1. The molecule has 0 aliphatic rings. The highest BCUT2D eigenvalue weighted by Crippen LogP contribution is 2.17. The molecule has 3 nitrogen and oxygen atoms in total. The number of para-hydroxylation sites is 1. The molecule has 1 amide bonds. The maximum absolute atomic E-state index is 11.7. The lowest BCUT2D eigenvalue weighted by molar-refractivity contribution is -0.121. The highest BCUT2D eigenvalue weighted by Gasteiger charge is 2.17. The van der Waals surface area contributed by atoms with Crippen LogP contribution in [0.1, 0.15) is 19.4 Å². The smallest absolute Gasteiger partial charge is 0.234 e. The van der Waals surface area contributed by atoms with Gasteiger partial charge in [-0.05, 0) is 24.0 Å². The van der Waals surface area contributed by atoms with E-state index < -0.39 is 0 Å². The van der Waals surface area contributed by atoms with E-state index in [0.717, 1.165) is 17.7 Å². The second-order valence-corrected chi connectivity index (χ2v) is 5.49. The zero-order valence-corrected chi connectivity index (χ0v) is 12.7. The van der Waals surface area contributed by atoms with Crippen LogP contribution in [0.25, 0.3) is 0 Å². The molecule has 0 saturated carbocycles. The molecule has 0 spiro atoms. The summed E-state index contributed by atoms with van der Waals surface area (Å²) in [6.07, 6.45) is 0.771. The first-order chi connectivity index (χ1) is 8.56. The summed E-state index contributed by atoms with van der Waals surface area (Å²) in [5.74, 6) is 1.20. The zero-order valence-electron chi connectivity index (χ0n) is 11.1. The van der Waals surface area contributed by atoms with Crippen molar-refractivity contribution in [1.82, 2.24) is 5.32 Å². The van der Waals surface area contributed by atoms with Crippen molar-refractivity contribution in [3.05, 3.63) is 29.8 Å². The number of carbonyl (C=O) groups is 1. The normalized spacial score (nSPS) is 12.3. The van der Waals surface area contributed by atoms with Gasteiger partial charge >= 0.3 is 0 Å². The summed E-state index contributed by atoms with van der Waals surface area (Å²) in [7, 11) is 1.66. The molecular formula is C14H20BrNO2. The molecule has 0 bridgehead atoms. The highest BCUT2D eigenvalue weighted by atomic mass is 79.9. The SMILES string of the molecule is COc1ccccc1CCNC(=O)C(Br)C(C)C. The standard InChI is InChI=1S/C14H20BrNO2/c1-10(2)13(15)14(17)16-9-8-11-6-4-5-7-12(11)18-3/h4-7,10,13H,8-9H2,1-3H3,(H,16,17). The maximum atomic E-state index is 11.7. The number of hydrogen-bond acceptors (Lipinski definition) is 2. The summed E-state index contributed by atoms with van der Waals surface area (Å²) >= 11 is 3.39. The monoisotopic (exact) mass is 313 g/mol. The van der Waals surface area contributed by atoms with Crippen LogP contribution in [-0.4, -0.2) is 24.4 Å². The number of ether oxygens (including phenoxy) is 1. The molecule has 1 aromatic rings. The summed E-state index contributed by atoms with van der Waals surface area (Å²) in [5.41, 5.74) is 1.11. The number of amides is 1. The van der Waals surface area contributed by atoms with E-state index in [2.05, 4.69) is 21.2 Å². The lowest BCUT2D eigenvalue weighted by Gasteiger charge is -2.14. The zero-order chi connectivity index (χ0) is 13.5. The lowest BCUT2D eigenvalue weighted by Crippen LogP contribution is -2.35. The van der Waals surface area contributed by atoms with Gasteiger partial charge in [-0.15, -0.1) is 0 Å². The van der Waals surface area contributed by atoms with Gasteiger partial charge in [0.15, 0.2) is 0 Å². The first-order valence-corrected chi connectivity index (χ1v) is 7.01. The summed E-state index contributed by atoms with van der Waals surface area (Å²) in [6.45, 7) is 4.65. The third-order valence-corrected chi connectivity index (χ3v) is 4.20. The van der Waals surface area contributed by atoms with Gasteiger partial charge in [0.05, 0.1) is 11.9 Å². The molecule has 1 aromatic carbocycles. The number of benzene rings is 1. The van der Waals surface area contributed by atoms with Gasteiger partial charge in [-0.1, -0.05) is 48.0 Å². The van der Waals surface area contributed by atoms with Crippen LogP contribution in [0.2, 0.25) is 0 Å². The third kappa shape index (κ3) is 4.33. The molecule has 0 aliphatic carbocycles. The van der Waals surface area contributed by atoms with E-state index in [1.165, 1.54) is 0 Å². The van der Waals surface area contributed by atoms with Crippen molar-refractivity contribution in [3.8, 4) is 5.75 Å². The fourth-order valence-corrected chi connectivity index (χ4v) is 1.79. The van der Waals surface area contributed by atoms with E-state index in [9.17, 15) is 4.79 Å². The Morgan fingerprint density at radius 3 is 2.67 bits per heavy atom. The van der Waals surface area contributed by atoms with Crippen LogP contribution >= 0.6 is 15.9 Å². The van der Waals surface area contributed by atoms with Crippen molar-refractivity contribution < 1.29 is 9.53 Å². The fourth-order valence-electron chi connectivity index (χ4n) is 1.63. The molecule has 1 unspecified atom stereocenters. The second kappa shape index (κ2) is 7.41. The van der Waals surface area contributed by atoms with E-state index in [-0.39, 0.29) is 16.7 Å². The lowest BCUT2D eigenvalue weighted by atomic mass is 10.1. The van der Waals surface area contributed by atoms with E-state index >= 15 is 0 Å². The van der Waals surface area contributed by atoms with Gasteiger partial charge in [0.25, 0.3) is 0 Å². The number of alkyl halides is 1. The molecule has 100 valence electrons. The largest absolute Gasteiger partial charge is 0.496 e. The van der Waals surface area contributed by atoms with Crippen LogP contribution < -0.4 is 10.1 Å². The first-order valence-electron chi connectivity index (χ1n) is 6.10. The van der Waals surface area contributed by atoms with Gasteiger partial charge in [-0.2, -0.15) is 0 Å². The molecule has 1 N–H and O–H groups in total. The van der Waals surface area contributed by atoms with Crippen LogP contribution in [-0.2, 0) is 11.2 Å². The van der Waals surface area contributed by atoms with Crippen LogP contribution in [0.15, 0.2) is 24.3 Å². The fraction of sp³-hybridized carbons (Fsp3) is 0.500. The third-order valence-electron chi connectivity index (χ3n) is 2.72. The summed E-state index contributed by atoms with van der Waals surface area (Å²) in [4.78, 5) is 11.6. The number of carbonyl (C=O) groups excluding carboxylic acids is 1. The predicted octanol–water partition coefficient (Wildman–Crippen LogP) is 2.77. The minimum Gasteiger partial charge on any atom is -0.496 e. The first kappa shape index (κ1) is 15.0. The summed E-state index contributed by atoms with van der Waals surface area (Å²) in [5, 5.41) is 2.92. The average Bonchev–Trinajstić information content (AvgIpc) is 2.38. The van der Waals surface area contributed by atoms with Gasteiger partial charge in [-0.3, -0.25) is 4.79 Å². The molecule has 0 heterocycles. The van der Waals surface area contributed by atoms with Crippen LogP contribution in [0.4, 0.5) is 0 Å². The van der Waals surface area contributed by atoms with E-state index in [1.807, 2.05) is 38.1 Å². The van der Waals surface area contributed by atoms with Crippen molar-refractivity contribution >= 4 is 21.8 Å². The topological polar surface area (TPSA) is 38.3 Å². The van der Waals surface area contributed by atoms with Crippen LogP contribution in [0.5, 0.6) is 5.75 Å². The molecule has 1 atom stereocenters. The number of halogens is 1. The molecule has 0 radical (unpaired) electrons. The van der Waals surface area contributed by atoms with Crippen molar-refractivity contribution in [3.63, 3.8) is 0 Å². The van der Waals surface area contributed by atoms with Gasteiger partial charge in [0.2, 0.25) is 5.91 Å². The second-order valence-electron chi connectivity index (χ2n) is 4.50. The Balaban J connectivity index is 2.44. The van der Waals surface area contributed by atoms with E-state index in [1.54, 1.807) is 7.11 Å². The van der Waals surface area contributed by atoms with Gasteiger partial charge in [-0.25, -0.2) is 0 Å². The molecule has 0 fully saturated rings. The highest BCUT2D eigenvalue weighted by molar-refractivity contribution is 9.10. The molecule has 18 heavy (non-hydrogen) atoms. The Hall–Kier alpha value is -1.03. The number of methoxy groups -OCH3 is 1. The Morgan fingerprint density at radius 1 is 1.39 bits per heavy atom. The Kier molecular flexibility index (Phi) is 6.19. The minimum atomic E-state index is -0.129. The van der Waals surface area contributed by atoms with Gasteiger partial charge in [0.1, 0.15) is 5.75 Å². The molecular weight excluding hydrogens is 294 g/mol. The predicted molar refractivity (Wildman–Crippen MR) is 77.3 cm³/mol. The van der Waals surface area contributed by atoms with Crippen LogP contribution in [0, 0.1) is 5.92 Å². The van der Waals surface area contributed by atoms with Crippen molar-refractivity contribution in [1.29, 1.82) is 0 Å². The molecule has 0 aliphatic heterocycles. The Labute approximate surface area is 117 Å². The Morgan fingerprint density at radius 2 is 2.06 bits per heavy atom. The number of rotatable bonds is 6. The molecule has 4 heteroatoms. The molecule has 0 saturated heterocycles. The van der Waals surface area contributed by atoms with E-state index in [0.29, 0.717) is 6.54 Å².